The molecule has 0 N–H and O–H groups in total. The van der Waals surface area contributed by atoms with Crippen LogP contribution in [0.4, 0.5) is 0 Å². The molecule has 2 fully saturated rings. The summed E-state index contributed by atoms with van der Waals surface area (Å²) in [4.78, 5) is 5.27. The van der Waals surface area contributed by atoms with E-state index in [1.165, 1.54) is 71.2 Å². The molecular weight excluding hydrogens is 248 g/mol. The maximum absolute atomic E-state index is 5.46. The number of hydrogen-bond donors (Lipinski definition) is 0. The van der Waals surface area contributed by atoms with E-state index in [2.05, 4.69) is 23.6 Å². The number of methoxy groups -OCH3 is 1. The Kier molecular flexibility index (Phi) is 6.79. The van der Waals surface area contributed by atoms with Gasteiger partial charge in [0.2, 0.25) is 0 Å². The first-order chi connectivity index (χ1) is 9.69. The van der Waals surface area contributed by atoms with Gasteiger partial charge in [0, 0.05) is 39.3 Å². The SMILES string of the molecule is COC1CCC(CCCN2CCN(C(C)C)CC2)CC1. The summed E-state index contributed by atoms with van der Waals surface area (Å²) >= 11 is 0. The van der Waals surface area contributed by atoms with Gasteiger partial charge in [0.15, 0.2) is 0 Å². The average Bonchev–Trinajstić information content (AvgIpc) is 2.48. The van der Waals surface area contributed by atoms with Crippen LogP contribution in [-0.4, -0.2) is 61.8 Å². The lowest BCUT2D eigenvalue weighted by atomic mass is 9.84. The summed E-state index contributed by atoms with van der Waals surface area (Å²) in [5.74, 6) is 0.971. The Bertz CT molecular complexity index is 254. The van der Waals surface area contributed by atoms with Gasteiger partial charge in [-0.1, -0.05) is 0 Å². The third kappa shape index (κ3) is 5.01. The Morgan fingerprint density at radius 3 is 2.20 bits per heavy atom. The Morgan fingerprint density at radius 2 is 1.65 bits per heavy atom. The summed E-state index contributed by atoms with van der Waals surface area (Å²) in [6.07, 6.45) is 8.72. The van der Waals surface area contributed by atoms with Crippen LogP contribution >= 0.6 is 0 Å². The minimum atomic E-state index is 0.551. The predicted octanol–water partition coefficient (Wildman–Crippen LogP) is 3.00. The molecule has 0 amide bonds. The smallest absolute Gasteiger partial charge is 0.0571 e. The number of rotatable bonds is 6. The van der Waals surface area contributed by atoms with Gasteiger partial charge in [-0.3, -0.25) is 4.90 Å². The van der Waals surface area contributed by atoms with E-state index in [9.17, 15) is 0 Å². The van der Waals surface area contributed by atoms with Crippen molar-refractivity contribution >= 4 is 0 Å². The third-order valence-corrected chi connectivity index (χ3v) is 5.35. The third-order valence-electron chi connectivity index (χ3n) is 5.35. The van der Waals surface area contributed by atoms with Crippen molar-refractivity contribution < 1.29 is 4.74 Å². The molecule has 3 heteroatoms. The highest BCUT2D eigenvalue weighted by Crippen LogP contribution is 2.29. The zero-order chi connectivity index (χ0) is 14.4. The van der Waals surface area contributed by atoms with Crippen LogP contribution in [0.1, 0.15) is 52.4 Å². The van der Waals surface area contributed by atoms with Gasteiger partial charge in [0.1, 0.15) is 0 Å². The van der Waals surface area contributed by atoms with Crippen molar-refractivity contribution in [3.8, 4) is 0 Å². The predicted molar refractivity (Wildman–Crippen MR) is 85.1 cm³/mol. The molecule has 20 heavy (non-hydrogen) atoms. The van der Waals surface area contributed by atoms with Crippen molar-refractivity contribution in [3.05, 3.63) is 0 Å². The molecule has 3 nitrogen and oxygen atoms in total. The lowest BCUT2D eigenvalue weighted by Crippen LogP contribution is -2.48. The van der Waals surface area contributed by atoms with E-state index in [1.54, 1.807) is 0 Å². The van der Waals surface area contributed by atoms with Gasteiger partial charge in [-0.25, -0.2) is 0 Å². The summed E-state index contributed by atoms with van der Waals surface area (Å²) in [5.41, 5.74) is 0. The highest BCUT2D eigenvalue weighted by atomic mass is 16.5. The van der Waals surface area contributed by atoms with Gasteiger partial charge >= 0.3 is 0 Å². The van der Waals surface area contributed by atoms with E-state index in [-0.39, 0.29) is 0 Å². The van der Waals surface area contributed by atoms with Gasteiger partial charge in [-0.15, -0.1) is 0 Å². The van der Waals surface area contributed by atoms with Crippen LogP contribution in [0.25, 0.3) is 0 Å². The van der Waals surface area contributed by atoms with Crippen LogP contribution in [0.2, 0.25) is 0 Å². The van der Waals surface area contributed by atoms with Crippen molar-refractivity contribution in [3.63, 3.8) is 0 Å². The van der Waals surface area contributed by atoms with Crippen LogP contribution in [0, 0.1) is 5.92 Å². The molecular formula is C17H34N2O. The lowest BCUT2D eigenvalue weighted by molar-refractivity contribution is 0.0539. The molecule has 0 spiro atoms. The summed E-state index contributed by atoms with van der Waals surface area (Å²) in [6.45, 7) is 11.0. The quantitative estimate of drug-likeness (QED) is 0.745. The normalized spacial score (nSPS) is 30.0. The van der Waals surface area contributed by atoms with E-state index in [0.717, 1.165) is 5.92 Å². The lowest BCUT2D eigenvalue weighted by Gasteiger charge is -2.37. The molecule has 0 aromatic carbocycles. The minimum Gasteiger partial charge on any atom is -0.381 e. The second-order valence-corrected chi connectivity index (χ2v) is 6.99. The first-order valence-corrected chi connectivity index (χ1v) is 8.68. The second-order valence-electron chi connectivity index (χ2n) is 6.99. The largest absolute Gasteiger partial charge is 0.381 e. The zero-order valence-corrected chi connectivity index (χ0v) is 13.8. The summed E-state index contributed by atoms with van der Waals surface area (Å²) in [6, 6.07) is 0.716. The van der Waals surface area contributed by atoms with Crippen molar-refractivity contribution in [1.82, 2.24) is 9.80 Å². The van der Waals surface area contributed by atoms with Crippen LogP contribution < -0.4 is 0 Å². The Morgan fingerprint density at radius 1 is 1.00 bits per heavy atom. The van der Waals surface area contributed by atoms with Crippen molar-refractivity contribution in [1.29, 1.82) is 0 Å². The number of hydrogen-bond acceptors (Lipinski definition) is 3. The fourth-order valence-corrected chi connectivity index (χ4v) is 3.76. The number of nitrogens with zero attached hydrogens (tertiary/aromatic N) is 2. The molecule has 1 aliphatic carbocycles. The van der Waals surface area contributed by atoms with E-state index in [4.69, 9.17) is 4.74 Å². The molecule has 0 atom stereocenters. The zero-order valence-electron chi connectivity index (χ0n) is 13.8. The fourth-order valence-electron chi connectivity index (χ4n) is 3.76. The minimum absolute atomic E-state index is 0.551. The van der Waals surface area contributed by atoms with Crippen molar-refractivity contribution in [2.45, 2.75) is 64.5 Å². The maximum Gasteiger partial charge on any atom is 0.0571 e. The molecule has 1 saturated carbocycles. The van der Waals surface area contributed by atoms with Crippen LogP contribution in [0.3, 0.4) is 0 Å². The van der Waals surface area contributed by atoms with Crippen LogP contribution in [0.5, 0.6) is 0 Å². The van der Waals surface area contributed by atoms with E-state index in [0.29, 0.717) is 12.1 Å². The van der Waals surface area contributed by atoms with Gasteiger partial charge in [-0.05, 0) is 64.8 Å². The number of piperazine rings is 1. The van der Waals surface area contributed by atoms with Gasteiger partial charge in [0.25, 0.3) is 0 Å². The number of ether oxygens (including phenoxy) is 1. The molecule has 0 unspecified atom stereocenters. The summed E-state index contributed by atoms with van der Waals surface area (Å²) in [7, 11) is 1.86. The average molecular weight is 282 g/mol. The molecule has 0 aromatic rings. The molecule has 1 saturated heterocycles. The monoisotopic (exact) mass is 282 g/mol. The fraction of sp³-hybridized carbons (Fsp3) is 1.00. The van der Waals surface area contributed by atoms with Gasteiger partial charge in [0.05, 0.1) is 6.10 Å². The molecule has 2 rings (SSSR count). The summed E-state index contributed by atoms with van der Waals surface area (Å²) < 4.78 is 5.46. The van der Waals surface area contributed by atoms with E-state index < -0.39 is 0 Å². The second kappa shape index (κ2) is 8.35. The standard InChI is InChI=1S/C17H34N2O/c1-15(2)19-13-11-18(12-14-19)10-4-5-16-6-8-17(20-3)9-7-16/h15-17H,4-14H2,1-3H3. The Balaban J connectivity index is 1.54. The molecule has 2 aliphatic rings. The highest BCUT2D eigenvalue weighted by Gasteiger charge is 2.21. The highest BCUT2D eigenvalue weighted by molar-refractivity contribution is 4.76. The first-order valence-electron chi connectivity index (χ1n) is 8.68. The van der Waals surface area contributed by atoms with Crippen LogP contribution in [0.15, 0.2) is 0 Å². The maximum atomic E-state index is 5.46. The molecule has 1 heterocycles. The van der Waals surface area contributed by atoms with Crippen LogP contribution in [-0.2, 0) is 4.74 Å². The molecule has 0 radical (unpaired) electrons. The molecule has 118 valence electrons. The Labute approximate surface area is 125 Å². The van der Waals surface area contributed by atoms with E-state index in [1.807, 2.05) is 7.11 Å². The molecule has 1 aliphatic heterocycles. The topological polar surface area (TPSA) is 15.7 Å². The van der Waals surface area contributed by atoms with Crippen molar-refractivity contribution in [2.24, 2.45) is 5.92 Å². The summed E-state index contributed by atoms with van der Waals surface area (Å²) in [5, 5.41) is 0. The van der Waals surface area contributed by atoms with E-state index >= 15 is 0 Å². The van der Waals surface area contributed by atoms with Gasteiger partial charge in [-0.2, -0.15) is 0 Å². The Hall–Kier alpha value is -0.120. The molecule has 0 aromatic heterocycles. The van der Waals surface area contributed by atoms with Gasteiger partial charge < -0.3 is 9.64 Å². The first kappa shape index (κ1) is 16.3. The van der Waals surface area contributed by atoms with Crippen molar-refractivity contribution in [2.75, 3.05) is 39.8 Å². The molecule has 0 bridgehead atoms.